The van der Waals surface area contributed by atoms with Crippen molar-refractivity contribution in [1.82, 2.24) is 10.2 Å². The quantitative estimate of drug-likeness (QED) is 0.722. The Balaban J connectivity index is 2.12. The van der Waals surface area contributed by atoms with Gasteiger partial charge in [0.05, 0.1) is 6.61 Å². The van der Waals surface area contributed by atoms with Gasteiger partial charge in [0.2, 0.25) is 0 Å². The van der Waals surface area contributed by atoms with Crippen molar-refractivity contribution in [2.75, 3.05) is 39.9 Å². The number of likely N-dealkylation sites (tertiary alicyclic amines) is 1. The molecule has 1 unspecified atom stereocenters. The first kappa shape index (κ1) is 12.9. The average molecular weight is 214 g/mol. The van der Waals surface area contributed by atoms with Gasteiger partial charge in [-0.05, 0) is 25.3 Å². The van der Waals surface area contributed by atoms with Crippen molar-refractivity contribution in [3.63, 3.8) is 0 Å². The maximum Gasteiger partial charge on any atom is 0.0502 e. The lowest BCUT2D eigenvalue weighted by molar-refractivity contribution is 0.0908. The van der Waals surface area contributed by atoms with Gasteiger partial charge < -0.3 is 15.0 Å². The molecule has 1 N–H and O–H groups in total. The van der Waals surface area contributed by atoms with E-state index in [9.17, 15) is 0 Å². The largest absolute Gasteiger partial charge is 0.384 e. The van der Waals surface area contributed by atoms with Gasteiger partial charge in [-0.25, -0.2) is 0 Å². The molecule has 1 saturated heterocycles. The zero-order valence-electron chi connectivity index (χ0n) is 10.5. The highest BCUT2D eigenvalue weighted by Crippen LogP contribution is 2.15. The molecule has 1 aliphatic heterocycles. The molecule has 3 heteroatoms. The predicted octanol–water partition coefficient (Wildman–Crippen LogP) is 1.34. The van der Waals surface area contributed by atoms with Crippen LogP contribution in [-0.2, 0) is 4.74 Å². The summed E-state index contributed by atoms with van der Waals surface area (Å²) in [4.78, 5) is 2.56. The van der Waals surface area contributed by atoms with E-state index in [1.165, 1.54) is 32.5 Å². The highest BCUT2D eigenvalue weighted by atomic mass is 16.5. The van der Waals surface area contributed by atoms with Crippen molar-refractivity contribution < 1.29 is 4.74 Å². The van der Waals surface area contributed by atoms with Crippen LogP contribution in [0, 0.1) is 5.92 Å². The number of methoxy groups -OCH3 is 1. The van der Waals surface area contributed by atoms with Crippen molar-refractivity contribution in [3.8, 4) is 0 Å². The smallest absolute Gasteiger partial charge is 0.0502 e. The lowest BCUT2D eigenvalue weighted by atomic mass is 9.99. The van der Waals surface area contributed by atoms with Gasteiger partial charge >= 0.3 is 0 Å². The van der Waals surface area contributed by atoms with Crippen molar-refractivity contribution in [3.05, 3.63) is 0 Å². The number of nitrogens with zero attached hydrogens (tertiary/aromatic N) is 1. The summed E-state index contributed by atoms with van der Waals surface area (Å²) in [6, 6.07) is 0.601. The van der Waals surface area contributed by atoms with E-state index in [1.807, 2.05) is 0 Å². The topological polar surface area (TPSA) is 24.5 Å². The van der Waals surface area contributed by atoms with E-state index in [0.717, 1.165) is 19.1 Å². The molecule has 3 nitrogen and oxygen atoms in total. The first-order chi connectivity index (χ1) is 7.22. The van der Waals surface area contributed by atoms with E-state index < -0.39 is 0 Å². The summed E-state index contributed by atoms with van der Waals surface area (Å²) in [6.45, 7) is 10.1. The fraction of sp³-hybridized carbons (Fsp3) is 1.00. The third kappa shape index (κ3) is 5.50. The number of rotatable bonds is 6. The standard InChI is InChI=1S/C12H26N2O/c1-11(2)13-6-8-14-7-4-5-12(9-14)10-15-3/h11-13H,4-10H2,1-3H3. The Kier molecular flexibility index (Phi) is 6.22. The zero-order valence-corrected chi connectivity index (χ0v) is 10.5. The van der Waals surface area contributed by atoms with Gasteiger partial charge in [-0.1, -0.05) is 13.8 Å². The van der Waals surface area contributed by atoms with Crippen LogP contribution in [0.5, 0.6) is 0 Å². The van der Waals surface area contributed by atoms with E-state index in [-0.39, 0.29) is 0 Å². The second kappa shape index (κ2) is 7.20. The van der Waals surface area contributed by atoms with Gasteiger partial charge in [-0.15, -0.1) is 0 Å². The van der Waals surface area contributed by atoms with Crippen LogP contribution in [0.4, 0.5) is 0 Å². The Hall–Kier alpha value is -0.120. The van der Waals surface area contributed by atoms with Crippen molar-refractivity contribution in [2.24, 2.45) is 5.92 Å². The van der Waals surface area contributed by atoms with Crippen LogP contribution < -0.4 is 5.32 Å². The molecule has 1 atom stereocenters. The van der Waals surface area contributed by atoms with E-state index >= 15 is 0 Å². The number of nitrogens with one attached hydrogen (secondary N) is 1. The fourth-order valence-electron chi connectivity index (χ4n) is 2.24. The molecule has 0 aromatic heterocycles. The third-order valence-electron chi connectivity index (χ3n) is 2.99. The average Bonchev–Trinajstić information content (AvgIpc) is 2.18. The Bertz CT molecular complexity index is 160. The second-order valence-corrected chi connectivity index (χ2v) is 4.87. The van der Waals surface area contributed by atoms with Crippen LogP contribution >= 0.6 is 0 Å². The van der Waals surface area contributed by atoms with Crippen LogP contribution in [0.25, 0.3) is 0 Å². The SMILES string of the molecule is COCC1CCCN(CCNC(C)C)C1. The highest BCUT2D eigenvalue weighted by molar-refractivity contribution is 4.73. The van der Waals surface area contributed by atoms with E-state index in [2.05, 4.69) is 24.1 Å². The first-order valence-electron chi connectivity index (χ1n) is 6.17. The van der Waals surface area contributed by atoms with Crippen LogP contribution in [0.3, 0.4) is 0 Å². The molecule has 0 amide bonds. The van der Waals surface area contributed by atoms with Crippen molar-refractivity contribution >= 4 is 0 Å². The molecule has 0 radical (unpaired) electrons. The molecule has 1 aliphatic rings. The van der Waals surface area contributed by atoms with Crippen LogP contribution in [0.15, 0.2) is 0 Å². The summed E-state index contributed by atoms with van der Waals surface area (Å²) in [5.41, 5.74) is 0. The minimum atomic E-state index is 0.601. The summed E-state index contributed by atoms with van der Waals surface area (Å²) in [6.07, 6.45) is 2.66. The summed E-state index contributed by atoms with van der Waals surface area (Å²) < 4.78 is 5.23. The summed E-state index contributed by atoms with van der Waals surface area (Å²) in [5.74, 6) is 0.753. The molecule has 0 bridgehead atoms. The van der Waals surface area contributed by atoms with E-state index in [0.29, 0.717) is 6.04 Å². The molecule has 0 aromatic carbocycles. The monoisotopic (exact) mass is 214 g/mol. The predicted molar refractivity (Wildman–Crippen MR) is 64.2 cm³/mol. The molecule has 1 fully saturated rings. The zero-order chi connectivity index (χ0) is 11.1. The maximum absolute atomic E-state index is 5.23. The Labute approximate surface area is 94.2 Å². The van der Waals surface area contributed by atoms with Gasteiger partial charge in [0, 0.05) is 32.8 Å². The van der Waals surface area contributed by atoms with Gasteiger partial charge in [0.25, 0.3) is 0 Å². The summed E-state index contributed by atoms with van der Waals surface area (Å²) in [7, 11) is 1.80. The van der Waals surface area contributed by atoms with Gasteiger partial charge in [-0.2, -0.15) is 0 Å². The Morgan fingerprint density at radius 1 is 1.47 bits per heavy atom. The van der Waals surface area contributed by atoms with Crippen LogP contribution in [0.2, 0.25) is 0 Å². The normalized spacial score (nSPS) is 23.6. The third-order valence-corrected chi connectivity index (χ3v) is 2.99. The molecule has 0 aromatic rings. The van der Waals surface area contributed by atoms with Gasteiger partial charge in [0.1, 0.15) is 0 Å². The fourth-order valence-corrected chi connectivity index (χ4v) is 2.24. The molecule has 0 spiro atoms. The van der Waals surface area contributed by atoms with Crippen LogP contribution in [0.1, 0.15) is 26.7 Å². The lowest BCUT2D eigenvalue weighted by Crippen LogP contribution is -2.41. The molecule has 1 rings (SSSR count). The number of piperidine rings is 1. The second-order valence-electron chi connectivity index (χ2n) is 4.87. The minimum absolute atomic E-state index is 0.601. The minimum Gasteiger partial charge on any atom is -0.384 e. The summed E-state index contributed by atoms with van der Waals surface area (Å²) >= 11 is 0. The highest BCUT2D eigenvalue weighted by Gasteiger charge is 2.18. The van der Waals surface area contributed by atoms with E-state index in [1.54, 1.807) is 7.11 Å². The number of hydrogen-bond acceptors (Lipinski definition) is 3. The maximum atomic E-state index is 5.23. The molecule has 0 aliphatic carbocycles. The molecule has 1 heterocycles. The Morgan fingerprint density at radius 3 is 2.93 bits per heavy atom. The Morgan fingerprint density at radius 2 is 2.27 bits per heavy atom. The van der Waals surface area contributed by atoms with Gasteiger partial charge in [-0.3, -0.25) is 0 Å². The molecule has 15 heavy (non-hydrogen) atoms. The van der Waals surface area contributed by atoms with Crippen LogP contribution in [-0.4, -0.2) is 50.8 Å². The molecular formula is C12H26N2O. The van der Waals surface area contributed by atoms with Crippen molar-refractivity contribution in [2.45, 2.75) is 32.7 Å². The number of ether oxygens (including phenoxy) is 1. The molecule has 90 valence electrons. The lowest BCUT2D eigenvalue weighted by Gasteiger charge is -2.32. The summed E-state index contributed by atoms with van der Waals surface area (Å²) in [5, 5.41) is 3.47. The first-order valence-corrected chi connectivity index (χ1v) is 6.17. The van der Waals surface area contributed by atoms with E-state index in [4.69, 9.17) is 4.74 Å². The number of hydrogen-bond donors (Lipinski definition) is 1. The molecule has 0 saturated carbocycles. The van der Waals surface area contributed by atoms with Gasteiger partial charge in [0.15, 0.2) is 0 Å². The van der Waals surface area contributed by atoms with Crippen molar-refractivity contribution in [1.29, 1.82) is 0 Å². The molecular weight excluding hydrogens is 188 g/mol.